The van der Waals surface area contributed by atoms with Crippen molar-refractivity contribution in [1.29, 1.82) is 0 Å². The van der Waals surface area contributed by atoms with Crippen LogP contribution in [0.3, 0.4) is 0 Å². The number of guanidine groups is 1. The van der Waals surface area contributed by atoms with Crippen LogP contribution >= 0.6 is 24.0 Å². The molecule has 0 saturated heterocycles. The number of aliphatic imine (C=N–C) groups is 1. The van der Waals surface area contributed by atoms with Gasteiger partial charge in [0.1, 0.15) is 11.6 Å². The molecule has 0 fully saturated rings. The van der Waals surface area contributed by atoms with Crippen molar-refractivity contribution in [3.8, 4) is 5.82 Å². The number of aryl methyl sites for hydroxylation is 1. The molecule has 0 unspecified atom stereocenters. The molecule has 0 bridgehead atoms. The molecule has 0 atom stereocenters. The van der Waals surface area contributed by atoms with Crippen LogP contribution in [0.2, 0.25) is 0 Å². The number of hydrogen-bond donors (Lipinski definition) is 2. The Balaban J connectivity index is 0.00000242. The largest absolute Gasteiger partial charge is 0.354 e. The van der Waals surface area contributed by atoms with Crippen LogP contribution in [0.15, 0.2) is 35.7 Å². The van der Waals surface area contributed by atoms with Gasteiger partial charge in [0, 0.05) is 38.2 Å². The van der Waals surface area contributed by atoms with Crippen molar-refractivity contribution in [3.05, 3.63) is 42.1 Å². The molecule has 0 spiro atoms. The molecule has 2 rings (SSSR count). The SMILES string of the molecule is CN=C(NCc1ccc(-n2ccnc2C)nc1)NC(C)C.I. The van der Waals surface area contributed by atoms with Crippen LogP contribution in [-0.2, 0) is 6.54 Å². The molecule has 0 aliphatic carbocycles. The Labute approximate surface area is 148 Å². The molecule has 7 heteroatoms. The highest BCUT2D eigenvalue weighted by atomic mass is 127. The molecular formula is C15H23IN6. The summed E-state index contributed by atoms with van der Waals surface area (Å²) in [5, 5.41) is 6.51. The highest BCUT2D eigenvalue weighted by molar-refractivity contribution is 14.0. The zero-order chi connectivity index (χ0) is 15.2. The lowest BCUT2D eigenvalue weighted by molar-refractivity contribution is 0.699. The summed E-state index contributed by atoms with van der Waals surface area (Å²) in [5.74, 6) is 2.59. The van der Waals surface area contributed by atoms with Gasteiger partial charge in [0.2, 0.25) is 0 Å². The number of imidazole rings is 1. The standard InChI is InChI=1S/C15H22N6.HI/c1-11(2)20-15(16-4)19-10-13-5-6-14(18-9-13)21-8-7-17-12(21)3;/h5-9,11H,10H2,1-4H3,(H2,16,19,20);1H. The fourth-order valence-electron chi connectivity index (χ4n) is 1.94. The average molecular weight is 414 g/mol. The predicted octanol–water partition coefficient (Wildman–Crippen LogP) is 2.27. The molecule has 2 N–H and O–H groups in total. The Morgan fingerprint density at radius 1 is 1.32 bits per heavy atom. The lowest BCUT2D eigenvalue weighted by atomic mass is 10.3. The van der Waals surface area contributed by atoms with E-state index < -0.39 is 0 Å². The molecule has 120 valence electrons. The maximum Gasteiger partial charge on any atom is 0.191 e. The highest BCUT2D eigenvalue weighted by Crippen LogP contribution is 2.08. The summed E-state index contributed by atoms with van der Waals surface area (Å²) in [7, 11) is 1.76. The second-order valence-electron chi connectivity index (χ2n) is 5.09. The third-order valence-electron chi connectivity index (χ3n) is 2.99. The summed E-state index contributed by atoms with van der Waals surface area (Å²) >= 11 is 0. The van der Waals surface area contributed by atoms with Crippen molar-refractivity contribution in [1.82, 2.24) is 25.2 Å². The molecule has 0 amide bonds. The van der Waals surface area contributed by atoms with E-state index in [0.717, 1.165) is 23.2 Å². The molecule has 2 aromatic rings. The molecule has 2 aromatic heterocycles. The first-order valence-electron chi connectivity index (χ1n) is 7.02. The van der Waals surface area contributed by atoms with Crippen molar-refractivity contribution in [3.63, 3.8) is 0 Å². The summed E-state index contributed by atoms with van der Waals surface area (Å²) in [5.41, 5.74) is 1.10. The van der Waals surface area contributed by atoms with Crippen LogP contribution in [-0.4, -0.2) is 33.6 Å². The second-order valence-corrected chi connectivity index (χ2v) is 5.09. The number of pyridine rings is 1. The second kappa shape index (κ2) is 8.72. The van der Waals surface area contributed by atoms with Crippen molar-refractivity contribution < 1.29 is 0 Å². The summed E-state index contributed by atoms with van der Waals surface area (Å²) in [4.78, 5) is 12.8. The predicted molar refractivity (Wildman–Crippen MR) is 100.0 cm³/mol. The Kier molecular flexibility index (Phi) is 7.30. The van der Waals surface area contributed by atoms with E-state index in [1.54, 1.807) is 13.2 Å². The first-order valence-corrected chi connectivity index (χ1v) is 7.02. The van der Waals surface area contributed by atoms with E-state index in [2.05, 4.69) is 45.5 Å². The Morgan fingerprint density at radius 2 is 2.09 bits per heavy atom. The van der Waals surface area contributed by atoms with Gasteiger partial charge in [-0.1, -0.05) is 6.07 Å². The number of rotatable bonds is 4. The number of aromatic nitrogens is 3. The Morgan fingerprint density at radius 3 is 2.59 bits per heavy atom. The van der Waals surface area contributed by atoms with Gasteiger partial charge < -0.3 is 10.6 Å². The van der Waals surface area contributed by atoms with Crippen LogP contribution < -0.4 is 10.6 Å². The summed E-state index contributed by atoms with van der Waals surface area (Å²) in [6, 6.07) is 4.39. The molecule has 2 heterocycles. The number of nitrogens with zero attached hydrogens (tertiary/aromatic N) is 4. The minimum atomic E-state index is 0. The van der Waals surface area contributed by atoms with Crippen LogP contribution in [0.4, 0.5) is 0 Å². The average Bonchev–Trinajstić information content (AvgIpc) is 2.90. The Hall–Kier alpha value is -1.64. The molecule has 6 nitrogen and oxygen atoms in total. The third-order valence-corrected chi connectivity index (χ3v) is 2.99. The number of halogens is 1. The molecule has 22 heavy (non-hydrogen) atoms. The zero-order valence-electron chi connectivity index (χ0n) is 13.4. The van der Waals surface area contributed by atoms with E-state index in [0.29, 0.717) is 12.6 Å². The number of hydrogen-bond acceptors (Lipinski definition) is 3. The van der Waals surface area contributed by atoms with Gasteiger partial charge in [-0.3, -0.25) is 9.56 Å². The highest BCUT2D eigenvalue weighted by Gasteiger charge is 2.03. The van der Waals surface area contributed by atoms with Crippen LogP contribution in [0.1, 0.15) is 25.2 Å². The fourth-order valence-corrected chi connectivity index (χ4v) is 1.94. The number of nitrogens with one attached hydrogen (secondary N) is 2. The van der Waals surface area contributed by atoms with Gasteiger partial charge in [-0.2, -0.15) is 0 Å². The quantitative estimate of drug-likeness (QED) is 0.458. The molecular weight excluding hydrogens is 391 g/mol. The van der Waals surface area contributed by atoms with Gasteiger partial charge in [-0.15, -0.1) is 24.0 Å². The van der Waals surface area contributed by atoms with Gasteiger partial charge in [0.15, 0.2) is 5.96 Å². The van der Waals surface area contributed by atoms with E-state index in [4.69, 9.17) is 0 Å². The lowest BCUT2D eigenvalue weighted by Gasteiger charge is -2.14. The minimum Gasteiger partial charge on any atom is -0.354 e. The maximum absolute atomic E-state index is 4.47. The normalized spacial score (nSPS) is 11.2. The topological polar surface area (TPSA) is 67.1 Å². The van der Waals surface area contributed by atoms with E-state index in [9.17, 15) is 0 Å². The molecule has 0 radical (unpaired) electrons. The molecule has 0 aliphatic heterocycles. The van der Waals surface area contributed by atoms with Gasteiger partial charge in [-0.05, 0) is 32.4 Å². The van der Waals surface area contributed by atoms with E-state index in [1.165, 1.54) is 0 Å². The van der Waals surface area contributed by atoms with Gasteiger partial charge >= 0.3 is 0 Å². The summed E-state index contributed by atoms with van der Waals surface area (Å²) < 4.78 is 1.95. The zero-order valence-corrected chi connectivity index (χ0v) is 15.7. The molecule has 0 aliphatic rings. The van der Waals surface area contributed by atoms with E-state index >= 15 is 0 Å². The molecule has 0 aromatic carbocycles. The summed E-state index contributed by atoms with van der Waals surface area (Å²) in [6.45, 7) is 6.80. The van der Waals surface area contributed by atoms with Crippen molar-refractivity contribution in [2.45, 2.75) is 33.4 Å². The van der Waals surface area contributed by atoms with Crippen molar-refractivity contribution in [2.75, 3.05) is 7.05 Å². The Bertz CT molecular complexity index is 603. The van der Waals surface area contributed by atoms with Crippen molar-refractivity contribution >= 4 is 29.9 Å². The molecule has 0 saturated carbocycles. The van der Waals surface area contributed by atoms with E-state index in [1.807, 2.05) is 30.0 Å². The monoisotopic (exact) mass is 414 g/mol. The van der Waals surface area contributed by atoms with Crippen LogP contribution in [0.25, 0.3) is 5.82 Å². The van der Waals surface area contributed by atoms with Gasteiger partial charge in [0.25, 0.3) is 0 Å². The van der Waals surface area contributed by atoms with Gasteiger partial charge in [0.05, 0.1) is 0 Å². The first-order chi connectivity index (χ1) is 10.1. The van der Waals surface area contributed by atoms with Crippen LogP contribution in [0, 0.1) is 6.92 Å². The minimum absolute atomic E-state index is 0. The fraction of sp³-hybridized carbons (Fsp3) is 0.400. The van der Waals surface area contributed by atoms with Crippen LogP contribution in [0.5, 0.6) is 0 Å². The van der Waals surface area contributed by atoms with E-state index in [-0.39, 0.29) is 24.0 Å². The maximum atomic E-state index is 4.47. The summed E-state index contributed by atoms with van der Waals surface area (Å²) in [6.07, 6.45) is 5.54. The smallest absolute Gasteiger partial charge is 0.191 e. The third kappa shape index (κ3) is 4.97. The van der Waals surface area contributed by atoms with Crippen molar-refractivity contribution in [2.24, 2.45) is 4.99 Å². The first kappa shape index (κ1) is 18.4. The van der Waals surface area contributed by atoms with Gasteiger partial charge in [-0.25, -0.2) is 9.97 Å². The lowest BCUT2D eigenvalue weighted by Crippen LogP contribution is -2.40.